The van der Waals surface area contributed by atoms with Crippen molar-refractivity contribution >= 4 is 0 Å². The first-order chi connectivity index (χ1) is 9.60. The van der Waals surface area contributed by atoms with Gasteiger partial charge in [-0.15, -0.1) is 0 Å². The molecule has 0 aliphatic heterocycles. The van der Waals surface area contributed by atoms with Crippen LogP contribution in [0.2, 0.25) is 0 Å². The molecule has 1 heterocycles. The molecule has 6 nitrogen and oxygen atoms in total. The lowest BCUT2D eigenvalue weighted by molar-refractivity contribution is 0.343. The molecule has 0 amide bonds. The highest BCUT2D eigenvalue weighted by Crippen LogP contribution is 2.38. The van der Waals surface area contributed by atoms with Crippen LogP contribution in [0, 0.1) is 0 Å². The van der Waals surface area contributed by atoms with Crippen LogP contribution >= 0.6 is 0 Å². The van der Waals surface area contributed by atoms with E-state index < -0.39 is 6.17 Å². The number of hydrogen-bond acceptors (Lipinski definition) is 6. The molecule has 7 heteroatoms. The summed E-state index contributed by atoms with van der Waals surface area (Å²) in [5, 5.41) is 3.81. The summed E-state index contributed by atoms with van der Waals surface area (Å²) in [5.41, 5.74) is 6.34. The lowest BCUT2D eigenvalue weighted by Gasteiger charge is -2.13. The largest absolute Gasteiger partial charge is 0.496 e. The topological polar surface area (TPSA) is 83.4 Å². The van der Waals surface area contributed by atoms with Crippen LogP contribution in [0.1, 0.15) is 24.5 Å². The third-order valence-electron chi connectivity index (χ3n) is 2.86. The van der Waals surface area contributed by atoms with Crippen LogP contribution in [0.25, 0.3) is 11.4 Å². The van der Waals surface area contributed by atoms with Crippen LogP contribution in [0.15, 0.2) is 16.7 Å². The van der Waals surface area contributed by atoms with E-state index in [1.165, 1.54) is 21.1 Å². The van der Waals surface area contributed by atoms with Gasteiger partial charge in [0.15, 0.2) is 0 Å². The molecule has 1 atom stereocenters. The monoisotopic (exact) mass is 281 g/mol. The van der Waals surface area contributed by atoms with Crippen molar-refractivity contribution in [3.63, 3.8) is 0 Å². The fourth-order valence-electron chi connectivity index (χ4n) is 1.86. The van der Waals surface area contributed by atoms with Crippen molar-refractivity contribution < 1.29 is 18.4 Å². The Morgan fingerprint density at radius 1 is 1.30 bits per heavy atom. The normalized spacial score (nSPS) is 12.2. The minimum absolute atomic E-state index is 0.137. The zero-order valence-corrected chi connectivity index (χ0v) is 11.5. The van der Waals surface area contributed by atoms with Crippen molar-refractivity contribution in [2.45, 2.75) is 19.6 Å². The number of hydrogen-bond donors (Lipinski definition) is 1. The molecule has 0 aliphatic rings. The summed E-state index contributed by atoms with van der Waals surface area (Å²) < 4.78 is 29.1. The van der Waals surface area contributed by atoms with Crippen LogP contribution in [-0.4, -0.2) is 24.4 Å². The molecular formula is C13H16FN3O3. The van der Waals surface area contributed by atoms with Gasteiger partial charge in [0.05, 0.1) is 26.3 Å². The molecule has 0 bridgehead atoms. The van der Waals surface area contributed by atoms with Gasteiger partial charge in [0, 0.05) is 11.6 Å². The Bertz CT molecular complexity index is 599. The second kappa shape index (κ2) is 5.87. The van der Waals surface area contributed by atoms with Crippen molar-refractivity contribution in [2.75, 3.05) is 14.2 Å². The number of halogens is 1. The van der Waals surface area contributed by atoms with E-state index in [1.54, 1.807) is 12.1 Å². The van der Waals surface area contributed by atoms with Crippen molar-refractivity contribution in [3.8, 4) is 22.9 Å². The maximum Gasteiger partial charge on any atom is 0.240 e. The summed E-state index contributed by atoms with van der Waals surface area (Å²) in [6.07, 6.45) is -1.20. The van der Waals surface area contributed by atoms with Crippen LogP contribution < -0.4 is 15.2 Å². The van der Waals surface area contributed by atoms with Gasteiger partial charge in [-0.1, -0.05) is 5.16 Å². The van der Waals surface area contributed by atoms with Gasteiger partial charge in [-0.05, 0) is 13.0 Å². The van der Waals surface area contributed by atoms with Crippen molar-refractivity contribution in [1.82, 2.24) is 10.1 Å². The summed E-state index contributed by atoms with van der Waals surface area (Å²) in [6.45, 7) is 1.56. The molecule has 0 fully saturated rings. The number of benzene rings is 1. The van der Waals surface area contributed by atoms with E-state index in [1.807, 2.05) is 0 Å². The minimum Gasteiger partial charge on any atom is -0.496 e. The molecule has 0 saturated carbocycles. The molecule has 108 valence electrons. The van der Waals surface area contributed by atoms with Gasteiger partial charge in [-0.2, -0.15) is 4.98 Å². The second-order valence-corrected chi connectivity index (χ2v) is 4.13. The Hall–Kier alpha value is -2.15. The predicted molar refractivity (Wildman–Crippen MR) is 70.3 cm³/mol. The molecule has 1 aromatic heterocycles. The molecule has 2 N–H and O–H groups in total. The SMILES string of the molecule is COc1cc(OC)c(C(C)F)cc1-c1noc(CN)n1. The molecule has 0 saturated heterocycles. The van der Waals surface area contributed by atoms with E-state index in [9.17, 15) is 4.39 Å². The molecule has 1 unspecified atom stereocenters. The van der Waals surface area contributed by atoms with E-state index in [4.69, 9.17) is 19.7 Å². The average Bonchev–Trinajstić information content (AvgIpc) is 2.94. The van der Waals surface area contributed by atoms with E-state index in [2.05, 4.69) is 10.1 Å². The summed E-state index contributed by atoms with van der Waals surface area (Å²) in [5.74, 6) is 1.47. The lowest BCUT2D eigenvalue weighted by atomic mass is 10.0. The first kappa shape index (κ1) is 14.3. The Morgan fingerprint density at radius 2 is 2.00 bits per heavy atom. The van der Waals surface area contributed by atoms with Gasteiger partial charge in [0.1, 0.15) is 17.7 Å². The Morgan fingerprint density at radius 3 is 2.50 bits per heavy atom. The van der Waals surface area contributed by atoms with Crippen molar-refractivity contribution in [3.05, 3.63) is 23.6 Å². The highest BCUT2D eigenvalue weighted by molar-refractivity contribution is 5.67. The molecule has 0 spiro atoms. The number of nitrogens with zero attached hydrogens (tertiary/aromatic N) is 2. The number of methoxy groups -OCH3 is 2. The average molecular weight is 281 g/mol. The Labute approximate surface area is 115 Å². The fraction of sp³-hybridized carbons (Fsp3) is 0.385. The standard InChI is InChI=1S/C13H16FN3O3/c1-7(14)8-4-9(11(19-3)5-10(8)18-2)13-16-12(6-15)20-17-13/h4-5,7H,6,15H2,1-3H3. The number of rotatable bonds is 5. The fourth-order valence-corrected chi connectivity index (χ4v) is 1.86. The van der Waals surface area contributed by atoms with Crippen LogP contribution in [0.4, 0.5) is 4.39 Å². The van der Waals surface area contributed by atoms with Crippen LogP contribution in [0.3, 0.4) is 0 Å². The molecule has 0 aliphatic carbocycles. The first-order valence-electron chi connectivity index (χ1n) is 6.03. The zero-order valence-electron chi connectivity index (χ0n) is 11.5. The van der Waals surface area contributed by atoms with Gasteiger partial charge >= 0.3 is 0 Å². The smallest absolute Gasteiger partial charge is 0.240 e. The van der Waals surface area contributed by atoms with Crippen LogP contribution in [-0.2, 0) is 6.54 Å². The maximum atomic E-state index is 13.7. The summed E-state index contributed by atoms with van der Waals surface area (Å²) in [7, 11) is 2.97. The second-order valence-electron chi connectivity index (χ2n) is 4.13. The Kier molecular flexibility index (Phi) is 4.19. The highest BCUT2D eigenvalue weighted by atomic mass is 19.1. The molecular weight excluding hydrogens is 265 g/mol. The van der Waals surface area contributed by atoms with Crippen LogP contribution in [0.5, 0.6) is 11.5 Å². The van der Waals surface area contributed by atoms with Gasteiger partial charge in [-0.3, -0.25) is 0 Å². The lowest BCUT2D eigenvalue weighted by Crippen LogP contribution is -1.99. The first-order valence-corrected chi connectivity index (χ1v) is 6.03. The predicted octanol–water partition coefficient (Wildman–Crippen LogP) is 2.24. The number of aromatic nitrogens is 2. The van der Waals surface area contributed by atoms with Crippen molar-refractivity contribution in [1.29, 1.82) is 0 Å². The van der Waals surface area contributed by atoms with E-state index in [0.717, 1.165) is 0 Å². The molecule has 2 aromatic rings. The van der Waals surface area contributed by atoms with Gasteiger partial charge in [0.2, 0.25) is 11.7 Å². The zero-order chi connectivity index (χ0) is 14.7. The number of nitrogens with two attached hydrogens (primary N) is 1. The quantitative estimate of drug-likeness (QED) is 0.905. The van der Waals surface area contributed by atoms with Gasteiger partial charge < -0.3 is 19.7 Å². The van der Waals surface area contributed by atoms with Gasteiger partial charge in [0.25, 0.3) is 0 Å². The number of ether oxygens (including phenoxy) is 2. The summed E-state index contributed by atoms with van der Waals surface area (Å²) in [6, 6.07) is 3.19. The van der Waals surface area contributed by atoms with Gasteiger partial charge in [-0.25, -0.2) is 4.39 Å². The summed E-state index contributed by atoms with van der Waals surface area (Å²) >= 11 is 0. The molecule has 20 heavy (non-hydrogen) atoms. The molecule has 1 aromatic carbocycles. The highest BCUT2D eigenvalue weighted by Gasteiger charge is 2.19. The van der Waals surface area contributed by atoms with E-state index >= 15 is 0 Å². The van der Waals surface area contributed by atoms with E-state index in [-0.39, 0.29) is 6.54 Å². The molecule has 2 rings (SSSR count). The molecule has 0 radical (unpaired) electrons. The summed E-state index contributed by atoms with van der Waals surface area (Å²) in [4.78, 5) is 4.12. The Balaban J connectivity index is 2.58. The third kappa shape index (κ3) is 2.57. The third-order valence-corrected chi connectivity index (χ3v) is 2.86. The minimum atomic E-state index is -1.20. The van der Waals surface area contributed by atoms with E-state index in [0.29, 0.717) is 34.3 Å². The van der Waals surface area contributed by atoms with Crippen molar-refractivity contribution in [2.24, 2.45) is 5.73 Å². The number of alkyl halides is 1. The maximum absolute atomic E-state index is 13.7.